The topological polar surface area (TPSA) is 75.4 Å². The van der Waals surface area contributed by atoms with Crippen LogP contribution in [0.3, 0.4) is 0 Å². The second kappa shape index (κ2) is 5.81. The highest BCUT2D eigenvalue weighted by molar-refractivity contribution is 7.90. The molecular formula is C11H21N3O3S. The van der Waals surface area contributed by atoms with Gasteiger partial charge in [0.1, 0.15) is 4.90 Å². The summed E-state index contributed by atoms with van der Waals surface area (Å²) < 4.78 is 24.0. The fourth-order valence-corrected chi connectivity index (χ4v) is 2.00. The standard InChI is InChI=1S/C11H21N3O3S/c1-9(2)13(3)6-10(15)7-14-8-11(5-12-14)18(4,16)17/h5,8-10,15H,6-7H2,1-4H3. The molecule has 18 heavy (non-hydrogen) atoms. The molecule has 1 N–H and O–H groups in total. The molecule has 0 radical (unpaired) electrons. The Morgan fingerprint density at radius 3 is 2.56 bits per heavy atom. The number of nitrogens with zero attached hydrogens (tertiary/aromatic N) is 3. The van der Waals surface area contributed by atoms with E-state index in [0.29, 0.717) is 12.6 Å². The Morgan fingerprint density at radius 2 is 2.11 bits per heavy atom. The molecule has 0 amide bonds. The first-order valence-electron chi connectivity index (χ1n) is 5.81. The maximum absolute atomic E-state index is 11.3. The van der Waals surface area contributed by atoms with Gasteiger partial charge in [0.25, 0.3) is 0 Å². The molecule has 1 aromatic heterocycles. The van der Waals surface area contributed by atoms with Gasteiger partial charge in [0.2, 0.25) is 0 Å². The number of aliphatic hydroxyl groups is 1. The average molecular weight is 275 g/mol. The predicted molar refractivity (Wildman–Crippen MR) is 69.1 cm³/mol. The van der Waals surface area contributed by atoms with Crippen molar-refractivity contribution < 1.29 is 13.5 Å². The molecule has 0 aliphatic rings. The molecule has 0 aliphatic carbocycles. The fourth-order valence-electron chi connectivity index (χ4n) is 1.45. The molecule has 1 rings (SSSR count). The highest BCUT2D eigenvalue weighted by Crippen LogP contribution is 2.07. The molecule has 1 aromatic rings. The number of rotatable bonds is 6. The van der Waals surface area contributed by atoms with Gasteiger partial charge in [0.05, 0.1) is 18.8 Å². The van der Waals surface area contributed by atoms with Gasteiger partial charge in [-0.15, -0.1) is 0 Å². The van der Waals surface area contributed by atoms with E-state index in [2.05, 4.69) is 5.10 Å². The minimum Gasteiger partial charge on any atom is -0.390 e. The van der Waals surface area contributed by atoms with E-state index in [1.165, 1.54) is 17.1 Å². The molecule has 6 nitrogen and oxygen atoms in total. The van der Waals surface area contributed by atoms with Crippen molar-refractivity contribution in [2.45, 2.75) is 37.4 Å². The summed E-state index contributed by atoms with van der Waals surface area (Å²) in [5, 5.41) is 13.8. The highest BCUT2D eigenvalue weighted by atomic mass is 32.2. The number of aliphatic hydroxyl groups excluding tert-OH is 1. The summed E-state index contributed by atoms with van der Waals surface area (Å²) in [7, 11) is -1.30. The molecular weight excluding hydrogens is 254 g/mol. The number of hydrogen-bond acceptors (Lipinski definition) is 5. The van der Waals surface area contributed by atoms with Gasteiger partial charge < -0.3 is 10.0 Å². The van der Waals surface area contributed by atoms with Crippen LogP contribution in [0.25, 0.3) is 0 Å². The van der Waals surface area contributed by atoms with Gasteiger partial charge in [-0.2, -0.15) is 5.10 Å². The minimum atomic E-state index is -3.23. The van der Waals surface area contributed by atoms with E-state index >= 15 is 0 Å². The third-order valence-electron chi connectivity index (χ3n) is 2.82. The molecule has 0 saturated carbocycles. The Balaban J connectivity index is 2.60. The van der Waals surface area contributed by atoms with Gasteiger partial charge in [-0.05, 0) is 20.9 Å². The van der Waals surface area contributed by atoms with Crippen molar-refractivity contribution in [2.75, 3.05) is 19.8 Å². The van der Waals surface area contributed by atoms with Gasteiger partial charge in [-0.1, -0.05) is 0 Å². The molecule has 0 bridgehead atoms. The van der Waals surface area contributed by atoms with Crippen LogP contribution in [-0.2, 0) is 16.4 Å². The van der Waals surface area contributed by atoms with E-state index in [1.54, 1.807) is 0 Å². The number of likely N-dealkylation sites (N-methyl/N-ethyl adjacent to an activating group) is 1. The van der Waals surface area contributed by atoms with E-state index in [9.17, 15) is 13.5 Å². The van der Waals surface area contributed by atoms with Crippen LogP contribution < -0.4 is 0 Å². The molecule has 0 saturated heterocycles. The third kappa shape index (κ3) is 4.40. The first-order chi connectivity index (χ1) is 8.20. The zero-order valence-corrected chi connectivity index (χ0v) is 12.1. The van der Waals surface area contributed by atoms with E-state index < -0.39 is 15.9 Å². The second-order valence-electron chi connectivity index (χ2n) is 4.86. The maximum Gasteiger partial charge on any atom is 0.178 e. The van der Waals surface area contributed by atoms with E-state index in [4.69, 9.17) is 0 Å². The van der Waals surface area contributed by atoms with Crippen molar-refractivity contribution in [3.8, 4) is 0 Å². The zero-order chi connectivity index (χ0) is 13.9. The Bertz CT molecular complexity index is 481. The first-order valence-corrected chi connectivity index (χ1v) is 7.70. The monoisotopic (exact) mass is 275 g/mol. The van der Waals surface area contributed by atoms with Crippen molar-refractivity contribution >= 4 is 9.84 Å². The van der Waals surface area contributed by atoms with Crippen molar-refractivity contribution in [1.82, 2.24) is 14.7 Å². The highest BCUT2D eigenvalue weighted by Gasteiger charge is 2.14. The summed E-state index contributed by atoms with van der Waals surface area (Å²) >= 11 is 0. The lowest BCUT2D eigenvalue weighted by atomic mass is 10.3. The predicted octanol–water partition coefficient (Wildman–Crippen LogP) is -0.0123. The van der Waals surface area contributed by atoms with Crippen LogP contribution in [0.2, 0.25) is 0 Å². The Morgan fingerprint density at radius 1 is 1.50 bits per heavy atom. The molecule has 104 valence electrons. The van der Waals surface area contributed by atoms with Crippen LogP contribution in [0.1, 0.15) is 13.8 Å². The smallest absolute Gasteiger partial charge is 0.178 e. The molecule has 0 spiro atoms. The number of sulfone groups is 1. The first kappa shape index (κ1) is 15.1. The maximum atomic E-state index is 11.3. The summed E-state index contributed by atoms with van der Waals surface area (Å²) in [6.07, 6.45) is 3.30. The number of aromatic nitrogens is 2. The largest absolute Gasteiger partial charge is 0.390 e. The molecule has 1 atom stereocenters. The quantitative estimate of drug-likeness (QED) is 0.790. The zero-order valence-electron chi connectivity index (χ0n) is 11.2. The normalized spacial score (nSPS) is 14.4. The van der Waals surface area contributed by atoms with Crippen molar-refractivity contribution in [1.29, 1.82) is 0 Å². The van der Waals surface area contributed by atoms with Gasteiger partial charge in [-0.3, -0.25) is 4.68 Å². The lowest BCUT2D eigenvalue weighted by Gasteiger charge is -2.23. The average Bonchev–Trinajstić information content (AvgIpc) is 2.64. The molecule has 7 heteroatoms. The summed E-state index contributed by atoms with van der Waals surface area (Å²) in [6.45, 7) is 4.89. The number of hydrogen-bond donors (Lipinski definition) is 1. The summed E-state index contributed by atoms with van der Waals surface area (Å²) in [5.74, 6) is 0. The molecule has 1 unspecified atom stereocenters. The van der Waals surface area contributed by atoms with E-state index in [-0.39, 0.29) is 11.4 Å². The third-order valence-corrected chi connectivity index (χ3v) is 3.88. The summed E-state index contributed by atoms with van der Waals surface area (Å²) in [5.41, 5.74) is 0. The van der Waals surface area contributed by atoms with Crippen LogP contribution in [0.5, 0.6) is 0 Å². The molecule has 0 aromatic carbocycles. The van der Waals surface area contributed by atoms with Crippen LogP contribution in [0.15, 0.2) is 17.3 Å². The van der Waals surface area contributed by atoms with Crippen LogP contribution in [0, 0.1) is 0 Å². The molecule has 0 aliphatic heterocycles. The lowest BCUT2D eigenvalue weighted by Crippen LogP contribution is -2.36. The van der Waals surface area contributed by atoms with Gasteiger partial charge in [0, 0.05) is 25.0 Å². The van der Waals surface area contributed by atoms with Crippen molar-refractivity contribution in [2.24, 2.45) is 0 Å². The van der Waals surface area contributed by atoms with E-state index in [1.807, 2.05) is 25.8 Å². The second-order valence-corrected chi connectivity index (χ2v) is 6.87. The minimum absolute atomic E-state index is 0.173. The Hall–Kier alpha value is -0.920. The fraction of sp³-hybridized carbons (Fsp3) is 0.727. The van der Waals surface area contributed by atoms with E-state index in [0.717, 1.165) is 6.26 Å². The SMILES string of the molecule is CC(C)N(C)CC(O)Cn1cc(S(C)(=O)=O)cn1. The summed E-state index contributed by atoms with van der Waals surface area (Å²) in [4.78, 5) is 2.19. The Labute approximate surface area is 108 Å². The lowest BCUT2D eigenvalue weighted by molar-refractivity contribution is 0.0943. The molecule has 0 fully saturated rings. The van der Waals surface area contributed by atoms with Gasteiger partial charge >= 0.3 is 0 Å². The van der Waals surface area contributed by atoms with Crippen LogP contribution in [-0.4, -0.2) is 60.2 Å². The molecule has 1 heterocycles. The van der Waals surface area contributed by atoms with Crippen LogP contribution in [0.4, 0.5) is 0 Å². The van der Waals surface area contributed by atoms with Crippen molar-refractivity contribution in [3.63, 3.8) is 0 Å². The van der Waals surface area contributed by atoms with Crippen LogP contribution >= 0.6 is 0 Å². The Kier molecular flexibility index (Phi) is 4.89. The van der Waals surface area contributed by atoms with Gasteiger partial charge in [0.15, 0.2) is 9.84 Å². The van der Waals surface area contributed by atoms with Crippen molar-refractivity contribution in [3.05, 3.63) is 12.4 Å². The summed E-state index contributed by atoms with van der Waals surface area (Å²) in [6, 6.07) is 0.351. The van der Waals surface area contributed by atoms with Gasteiger partial charge in [-0.25, -0.2) is 8.42 Å².